The van der Waals surface area contributed by atoms with Crippen molar-refractivity contribution in [1.29, 1.82) is 0 Å². The molecule has 1 saturated heterocycles. The molecule has 0 saturated carbocycles. The van der Waals surface area contributed by atoms with Crippen LogP contribution < -0.4 is 10.3 Å². The third kappa shape index (κ3) is 7.67. The lowest BCUT2D eigenvalue weighted by atomic mass is 10.1. The molecule has 2 N–H and O–H groups in total. The Morgan fingerprint density at radius 1 is 1.19 bits per heavy atom. The van der Waals surface area contributed by atoms with Gasteiger partial charge in [0, 0.05) is 18.9 Å². The van der Waals surface area contributed by atoms with Crippen LogP contribution in [0.3, 0.4) is 0 Å². The van der Waals surface area contributed by atoms with Crippen LogP contribution in [0.25, 0.3) is 0 Å². The highest BCUT2D eigenvalue weighted by Gasteiger charge is 2.32. The molecule has 0 aromatic carbocycles. The lowest BCUT2D eigenvalue weighted by Gasteiger charge is -2.11. The molecule has 0 radical (unpaired) electrons. The molecule has 1 fully saturated rings. The van der Waals surface area contributed by atoms with Gasteiger partial charge in [0.2, 0.25) is 0 Å². The van der Waals surface area contributed by atoms with Crippen LogP contribution in [-0.4, -0.2) is 24.6 Å². The van der Waals surface area contributed by atoms with Crippen LogP contribution in [0.5, 0.6) is 0 Å². The van der Waals surface area contributed by atoms with Crippen LogP contribution in [0.2, 0.25) is 0 Å². The van der Waals surface area contributed by atoms with Gasteiger partial charge in [-0.25, -0.2) is 0 Å². The van der Waals surface area contributed by atoms with Crippen molar-refractivity contribution in [2.45, 2.75) is 83.5 Å². The summed E-state index contributed by atoms with van der Waals surface area (Å²) in [6.07, 6.45) is 13.7. The fourth-order valence-electron chi connectivity index (χ4n) is 3.33. The summed E-state index contributed by atoms with van der Waals surface area (Å²) in [6, 6.07) is 3.45. The third-order valence-electron chi connectivity index (χ3n) is 4.94. The molecule has 150 valence electrons. The quantitative estimate of drug-likeness (QED) is 0.344. The molecule has 6 heteroatoms. The van der Waals surface area contributed by atoms with E-state index in [1.54, 1.807) is 18.3 Å². The first-order valence-electron chi connectivity index (χ1n) is 10.2. The zero-order valence-electron chi connectivity index (χ0n) is 16.4. The number of unbranched alkanes of at least 4 members (excludes halogenated alkanes) is 6. The smallest absolute Gasteiger partial charge is 0.305 e. The molecule has 0 bridgehead atoms. The number of hydrogen-bond acceptors (Lipinski definition) is 4. The molecule has 0 spiro atoms. The van der Waals surface area contributed by atoms with Crippen LogP contribution in [0.1, 0.15) is 87.7 Å². The highest BCUT2D eigenvalue weighted by atomic mass is 16.6. The van der Waals surface area contributed by atoms with Crippen molar-refractivity contribution >= 4 is 11.9 Å². The van der Waals surface area contributed by atoms with Crippen LogP contribution >= 0.6 is 0 Å². The number of carbonyl (C=O) groups is 2. The zero-order valence-corrected chi connectivity index (χ0v) is 16.4. The minimum absolute atomic E-state index is 0.0993. The predicted octanol–water partition coefficient (Wildman–Crippen LogP) is 3.43. The maximum Gasteiger partial charge on any atom is 0.305 e. The maximum atomic E-state index is 11.9. The lowest BCUT2D eigenvalue weighted by Crippen LogP contribution is -2.40. The fraction of sp³-hybridized carbons (Fsp3) is 0.667. The highest BCUT2D eigenvalue weighted by Crippen LogP contribution is 2.24. The predicted molar refractivity (Wildman–Crippen MR) is 102 cm³/mol. The zero-order chi connectivity index (χ0) is 19.5. The number of primary amides is 1. The highest BCUT2D eigenvalue weighted by molar-refractivity contribution is 5.92. The SMILES string of the molecule is CCCCCCCCCC(=O)OCC1CCC([n+]2cccc(C(N)=O)c2)O1. The number of esters is 1. The van der Waals surface area contributed by atoms with Crippen LogP contribution in [0, 0.1) is 0 Å². The molecule has 1 aromatic heterocycles. The van der Waals surface area contributed by atoms with Gasteiger partial charge < -0.3 is 15.2 Å². The summed E-state index contributed by atoms with van der Waals surface area (Å²) in [5, 5.41) is 0. The fourth-order valence-corrected chi connectivity index (χ4v) is 3.33. The van der Waals surface area contributed by atoms with E-state index in [9.17, 15) is 9.59 Å². The number of rotatable bonds is 12. The Balaban J connectivity index is 1.61. The van der Waals surface area contributed by atoms with E-state index < -0.39 is 5.91 Å². The van der Waals surface area contributed by atoms with Gasteiger partial charge in [0.1, 0.15) is 12.2 Å². The molecule has 1 aromatic rings. The van der Waals surface area contributed by atoms with Gasteiger partial charge in [-0.05, 0) is 18.9 Å². The summed E-state index contributed by atoms with van der Waals surface area (Å²) < 4.78 is 13.2. The van der Waals surface area contributed by atoms with E-state index in [1.165, 1.54) is 32.1 Å². The minimum Gasteiger partial charge on any atom is -0.463 e. The standard InChI is InChI=1S/C21H32N2O4/c1-2-3-4-5-6-7-8-11-20(24)26-16-18-12-13-19(27-18)23-14-9-10-17(15-23)21(22)25/h9-10,14-15,18-19H,2-8,11-13,16H2,1H3,(H-,22,25)/p+1. The first-order chi connectivity index (χ1) is 13.1. The van der Waals surface area contributed by atoms with Gasteiger partial charge in [-0.2, -0.15) is 4.57 Å². The molecule has 0 aliphatic carbocycles. The van der Waals surface area contributed by atoms with Crippen molar-refractivity contribution in [1.82, 2.24) is 0 Å². The Morgan fingerprint density at radius 2 is 1.93 bits per heavy atom. The number of nitrogens with zero attached hydrogens (tertiary/aromatic N) is 1. The molecule has 1 aliphatic rings. The molecule has 2 unspecified atom stereocenters. The second-order valence-corrected chi connectivity index (χ2v) is 7.25. The topological polar surface area (TPSA) is 82.5 Å². The molecule has 2 atom stereocenters. The summed E-state index contributed by atoms with van der Waals surface area (Å²) >= 11 is 0. The Labute approximate surface area is 162 Å². The summed E-state index contributed by atoms with van der Waals surface area (Å²) in [6.45, 7) is 2.51. The largest absolute Gasteiger partial charge is 0.463 e. The van der Waals surface area contributed by atoms with E-state index in [4.69, 9.17) is 15.2 Å². The summed E-state index contributed by atoms with van der Waals surface area (Å²) in [5.41, 5.74) is 5.77. The lowest BCUT2D eigenvalue weighted by molar-refractivity contribution is -0.759. The van der Waals surface area contributed by atoms with Gasteiger partial charge in [-0.15, -0.1) is 0 Å². The Kier molecular flexibility index (Phi) is 9.25. The molecule has 1 aliphatic heterocycles. The normalized spacial score (nSPS) is 19.1. The number of pyridine rings is 1. The average molecular weight is 378 g/mol. The number of hydrogen-bond donors (Lipinski definition) is 1. The molecule has 6 nitrogen and oxygen atoms in total. The van der Waals surface area contributed by atoms with Crippen molar-refractivity contribution in [2.24, 2.45) is 5.73 Å². The number of amides is 1. The number of nitrogens with two attached hydrogens (primary N) is 1. The molecular weight excluding hydrogens is 344 g/mol. The Hall–Kier alpha value is -1.95. The van der Waals surface area contributed by atoms with Crippen LogP contribution in [0.4, 0.5) is 0 Å². The number of aromatic nitrogens is 1. The van der Waals surface area contributed by atoms with Crippen molar-refractivity contribution < 1.29 is 23.6 Å². The molecule has 1 amide bonds. The van der Waals surface area contributed by atoms with Crippen molar-refractivity contribution in [3.63, 3.8) is 0 Å². The van der Waals surface area contributed by atoms with E-state index in [0.717, 1.165) is 25.7 Å². The first kappa shape index (κ1) is 21.4. The summed E-state index contributed by atoms with van der Waals surface area (Å²) in [7, 11) is 0. The molecule has 2 heterocycles. The van der Waals surface area contributed by atoms with Gasteiger partial charge in [0.15, 0.2) is 12.4 Å². The summed E-state index contributed by atoms with van der Waals surface area (Å²) in [5.74, 6) is -0.600. The average Bonchev–Trinajstić information content (AvgIpc) is 3.15. The van der Waals surface area contributed by atoms with Crippen molar-refractivity contribution in [3.05, 3.63) is 30.1 Å². The first-order valence-corrected chi connectivity index (χ1v) is 10.2. The number of ether oxygens (including phenoxy) is 2. The maximum absolute atomic E-state index is 11.9. The van der Waals surface area contributed by atoms with E-state index in [0.29, 0.717) is 18.6 Å². The molecule has 27 heavy (non-hydrogen) atoms. The second-order valence-electron chi connectivity index (χ2n) is 7.25. The third-order valence-corrected chi connectivity index (χ3v) is 4.94. The number of carbonyl (C=O) groups excluding carboxylic acids is 2. The van der Waals surface area contributed by atoms with Crippen LogP contribution in [0.15, 0.2) is 24.5 Å². The van der Waals surface area contributed by atoms with Gasteiger partial charge in [-0.3, -0.25) is 9.59 Å². The van der Waals surface area contributed by atoms with E-state index in [2.05, 4.69) is 6.92 Å². The van der Waals surface area contributed by atoms with Gasteiger partial charge in [-0.1, -0.05) is 45.4 Å². The van der Waals surface area contributed by atoms with E-state index >= 15 is 0 Å². The van der Waals surface area contributed by atoms with Gasteiger partial charge in [0.05, 0.1) is 6.10 Å². The molecular formula is C21H33N2O4+. The van der Waals surface area contributed by atoms with Crippen molar-refractivity contribution in [2.75, 3.05) is 6.61 Å². The van der Waals surface area contributed by atoms with Crippen molar-refractivity contribution in [3.8, 4) is 0 Å². The second kappa shape index (κ2) is 11.7. The van der Waals surface area contributed by atoms with E-state index in [1.807, 2.05) is 10.8 Å². The van der Waals surface area contributed by atoms with Crippen LogP contribution in [-0.2, 0) is 14.3 Å². The van der Waals surface area contributed by atoms with Gasteiger partial charge in [0.25, 0.3) is 12.1 Å². The van der Waals surface area contributed by atoms with Gasteiger partial charge >= 0.3 is 5.97 Å². The van der Waals surface area contributed by atoms with E-state index in [-0.39, 0.29) is 18.3 Å². The Morgan fingerprint density at radius 3 is 2.67 bits per heavy atom. The molecule has 2 rings (SSSR count). The minimum atomic E-state index is -0.460. The monoisotopic (exact) mass is 377 g/mol. The summed E-state index contributed by atoms with van der Waals surface area (Å²) in [4.78, 5) is 23.2. The Bertz CT molecular complexity index is 606.